The first kappa shape index (κ1) is 22.4. The van der Waals surface area contributed by atoms with Crippen molar-refractivity contribution in [2.45, 2.75) is 50.9 Å². The first-order valence-electron chi connectivity index (χ1n) is 8.88. The Morgan fingerprint density at radius 3 is 2.21 bits per heavy atom. The summed E-state index contributed by atoms with van der Waals surface area (Å²) in [5.74, 6) is -1.14. The van der Waals surface area contributed by atoms with Crippen LogP contribution in [0.5, 0.6) is 0 Å². The molecule has 0 aliphatic heterocycles. The van der Waals surface area contributed by atoms with Crippen LogP contribution < -0.4 is 0 Å². The number of aromatic nitrogens is 1. The maximum Gasteiger partial charge on any atom is 0.319 e. The van der Waals surface area contributed by atoms with Crippen LogP contribution in [0.1, 0.15) is 52.9 Å². The molecule has 9 heteroatoms. The van der Waals surface area contributed by atoms with Crippen LogP contribution in [-0.4, -0.2) is 38.8 Å². The molecule has 2 atom stereocenters. The fourth-order valence-corrected chi connectivity index (χ4v) is 3.80. The number of aromatic amines is 1. The molecule has 1 aromatic carbocycles. The van der Waals surface area contributed by atoms with Gasteiger partial charge in [-0.05, 0) is 52.3 Å². The van der Waals surface area contributed by atoms with Gasteiger partial charge in [0.05, 0.1) is 10.6 Å². The highest BCUT2D eigenvalue weighted by Gasteiger charge is 2.27. The van der Waals surface area contributed by atoms with Crippen LogP contribution in [0.4, 0.5) is 5.69 Å². The summed E-state index contributed by atoms with van der Waals surface area (Å²) in [4.78, 5) is 50.6. The zero-order valence-corrected chi connectivity index (χ0v) is 17.6. The molecule has 8 nitrogen and oxygen atoms in total. The number of hydrogen-bond acceptors (Lipinski definition) is 7. The normalized spacial score (nSPS) is 12.9. The summed E-state index contributed by atoms with van der Waals surface area (Å²) in [6.07, 6.45) is -1.03. The van der Waals surface area contributed by atoms with Crippen LogP contribution in [0.2, 0.25) is 0 Å². The number of hydrogen-bond donors (Lipinski definition) is 1. The molecular formula is C20H22N2O6S. The standard InChI is InChI=1S/C20H22N2O6S/c1-10-17(12(3)23)11(2)21-18(10)19(24)13(4)28-20(25)14(5)29-16-8-6-15(7-9-16)22(26)27/h6-9,13-14,21H,1-5H3/t13-,14+/m0/s1. The summed E-state index contributed by atoms with van der Waals surface area (Å²) < 4.78 is 5.30. The second kappa shape index (κ2) is 9.04. The molecule has 0 aliphatic carbocycles. The number of esters is 1. The zero-order chi connectivity index (χ0) is 21.9. The SMILES string of the molecule is CC(=O)c1c(C)[nH]c(C(=O)[C@H](C)OC(=O)[C@@H](C)Sc2ccc([N+](=O)[O-])cc2)c1C. The highest BCUT2D eigenvalue weighted by molar-refractivity contribution is 8.00. The average Bonchev–Trinajstić information content (AvgIpc) is 2.95. The second-order valence-electron chi connectivity index (χ2n) is 6.64. The molecule has 0 spiro atoms. The number of Topliss-reactive ketones (excluding diaryl/α,β-unsaturated/α-hetero) is 2. The second-order valence-corrected chi connectivity index (χ2v) is 8.05. The Balaban J connectivity index is 2.04. The maximum atomic E-state index is 12.7. The van der Waals surface area contributed by atoms with E-state index in [0.29, 0.717) is 21.7 Å². The Hall–Kier alpha value is -2.94. The van der Waals surface area contributed by atoms with Crippen molar-refractivity contribution >= 4 is 35.0 Å². The first-order valence-corrected chi connectivity index (χ1v) is 9.76. The molecule has 2 rings (SSSR count). The third-order valence-electron chi connectivity index (χ3n) is 4.39. The van der Waals surface area contributed by atoms with E-state index in [0.717, 1.165) is 0 Å². The fraction of sp³-hybridized carbons (Fsp3) is 0.350. The molecule has 154 valence electrons. The number of ketones is 2. The van der Waals surface area contributed by atoms with E-state index in [-0.39, 0.29) is 17.2 Å². The summed E-state index contributed by atoms with van der Waals surface area (Å²) in [5.41, 5.74) is 1.82. The highest BCUT2D eigenvalue weighted by atomic mass is 32.2. The van der Waals surface area contributed by atoms with E-state index in [2.05, 4.69) is 4.98 Å². The highest BCUT2D eigenvalue weighted by Crippen LogP contribution is 2.27. The Bertz CT molecular complexity index is 964. The Kier molecular flexibility index (Phi) is 6.97. The third kappa shape index (κ3) is 5.11. The molecule has 0 fully saturated rings. The molecule has 1 aromatic heterocycles. The minimum absolute atomic E-state index is 0.0367. The number of nitrogens with one attached hydrogen (secondary N) is 1. The number of ether oxygens (including phenoxy) is 1. The molecule has 0 saturated carbocycles. The van der Waals surface area contributed by atoms with Gasteiger partial charge >= 0.3 is 5.97 Å². The maximum absolute atomic E-state index is 12.7. The van der Waals surface area contributed by atoms with Crippen molar-refractivity contribution in [3.05, 3.63) is 56.9 Å². The van der Waals surface area contributed by atoms with Crippen molar-refractivity contribution in [1.82, 2.24) is 4.98 Å². The van der Waals surface area contributed by atoms with Crippen LogP contribution in [0.25, 0.3) is 0 Å². The van der Waals surface area contributed by atoms with Crippen LogP contribution in [-0.2, 0) is 9.53 Å². The van der Waals surface area contributed by atoms with Gasteiger partial charge in [-0.2, -0.15) is 0 Å². The molecule has 0 saturated heterocycles. The number of nitrogens with zero attached hydrogens (tertiary/aromatic N) is 1. The van der Waals surface area contributed by atoms with Crippen molar-refractivity contribution < 1.29 is 24.0 Å². The predicted octanol–water partition coefficient (Wildman–Crippen LogP) is 4.04. The van der Waals surface area contributed by atoms with Crippen LogP contribution in [0, 0.1) is 24.0 Å². The van der Waals surface area contributed by atoms with E-state index < -0.39 is 28.0 Å². The molecule has 29 heavy (non-hydrogen) atoms. The van der Waals surface area contributed by atoms with Gasteiger partial charge in [-0.3, -0.25) is 24.5 Å². The van der Waals surface area contributed by atoms with E-state index in [1.165, 1.54) is 37.7 Å². The predicted molar refractivity (Wildman–Crippen MR) is 109 cm³/mol. The topological polar surface area (TPSA) is 119 Å². The lowest BCUT2D eigenvalue weighted by atomic mass is 10.0. The van der Waals surface area contributed by atoms with Crippen LogP contribution >= 0.6 is 11.8 Å². The van der Waals surface area contributed by atoms with Gasteiger partial charge in [-0.15, -0.1) is 11.8 Å². The van der Waals surface area contributed by atoms with E-state index >= 15 is 0 Å². The van der Waals surface area contributed by atoms with Crippen molar-refractivity contribution in [3.63, 3.8) is 0 Å². The number of rotatable bonds is 8. The van der Waals surface area contributed by atoms with Crippen molar-refractivity contribution in [2.24, 2.45) is 0 Å². The Morgan fingerprint density at radius 1 is 1.14 bits per heavy atom. The summed E-state index contributed by atoms with van der Waals surface area (Å²) in [6, 6.07) is 5.82. The third-order valence-corrected chi connectivity index (χ3v) is 5.48. The molecule has 0 bridgehead atoms. The van der Waals surface area contributed by atoms with Gasteiger partial charge in [0.1, 0.15) is 5.25 Å². The number of carbonyl (C=O) groups excluding carboxylic acids is 3. The number of nitro benzene ring substituents is 1. The lowest BCUT2D eigenvalue weighted by Crippen LogP contribution is -2.29. The Labute approximate surface area is 172 Å². The molecule has 1 heterocycles. The quantitative estimate of drug-likeness (QED) is 0.226. The van der Waals surface area contributed by atoms with Crippen molar-refractivity contribution in [3.8, 4) is 0 Å². The monoisotopic (exact) mass is 418 g/mol. The number of non-ortho nitro benzene ring substituents is 1. The molecule has 0 amide bonds. The van der Waals surface area contributed by atoms with Crippen LogP contribution in [0.3, 0.4) is 0 Å². The van der Waals surface area contributed by atoms with Gasteiger partial charge < -0.3 is 9.72 Å². The van der Waals surface area contributed by atoms with Gasteiger partial charge in [-0.25, -0.2) is 0 Å². The number of nitro groups is 1. The van der Waals surface area contributed by atoms with Crippen LogP contribution in [0.15, 0.2) is 29.2 Å². The van der Waals surface area contributed by atoms with E-state index in [1.807, 2.05) is 0 Å². The lowest BCUT2D eigenvalue weighted by Gasteiger charge is -2.16. The van der Waals surface area contributed by atoms with E-state index in [4.69, 9.17) is 4.74 Å². The fourth-order valence-electron chi connectivity index (χ4n) is 2.95. The largest absolute Gasteiger partial charge is 0.453 e. The number of benzene rings is 1. The molecule has 0 aliphatic rings. The zero-order valence-electron chi connectivity index (χ0n) is 16.8. The average molecular weight is 418 g/mol. The number of aryl methyl sites for hydroxylation is 1. The van der Waals surface area contributed by atoms with Crippen molar-refractivity contribution in [1.29, 1.82) is 0 Å². The van der Waals surface area contributed by atoms with E-state index in [9.17, 15) is 24.5 Å². The minimum atomic E-state index is -1.03. The lowest BCUT2D eigenvalue weighted by molar-refractivity contribution is -0.384. The summed E-state index contributed by atoms with van der Waals surface area (Å²) >= 11 is 1.17. The van der Waals surface area contributed by atoms with Crippen molar-refractivity contribution in [2.75, 3.05) is 0 Å². The van der Waals surface area contributed by atoms with E-state index in [1.54, 1.807) is 32.9 Å². The summed E-state index contributed by atoms with van der Waals surface area (Å²) in [5, 5.41) is 10.1. The first-order chi connectivity index (χ1) is 13.5. The summed E-state index contributed by atoms with van der Waals surface area (Å²) in [6.45, 7) is 7.92. The number of thioether (sulfide) groups is 1. The molecular weight excluding hydrogens is 396 g/mol. The molecule has 1 N–H and O–H groups in total. The van der Waals surface area contributed by atoms with Gasteiger partial charge in [0.2, 0.25) is 5.78 Å². The van der Waals surface area contributed by atoms with Gasteiger partial charge in [0.25, 0.3) is 5.69 Å². The minimum Gasteiger partial charge on any atom is -0.453 e. The smallest absolute Gasteiger partial charge is 0.319 e. The Morgan fingerprint density at radius 2 is 1.72 bits per heavy atom. The molecule has 2 aromatic rings. The number of H-pyrrole nitrogens is 1. The van der Waals surface area contributed by atoms with Gasteiger partial charge in [0, 0.05) is 28.3 Å². The number of carbonyl (C=O) groups is 3. The molecule has 0 radical (unpaired) electrons. The summed E-state index contributed by atoms with van der Waals surface area (Å²) in [7, 11) is 0. The van der Waals surface area contributed by atoms with Gasteiger partial charge in [-0.1, -0.05) is 0 Å². The molecule has 0 unspecified atom stereocenters. The van der Waals surface area contributed by atoms with Gasteiger partial charge in [0.15, 0.2) is 11.9 Å².